The van der Waals surface area contributed by atoms with Crippen LogP contribution in [0.15, 0.2) is 30.3 Å². The number of unbranched alkanes of at least 4 members (excludes halogenated alkanes) is 5. The summed E-state index contributed by atoms with van der Waals surface area (Å²) in [6, 6.07) is 10.2. The number of hydrogen-bond acceptors (Lipinski definition) is 2. The first-order chi connectivity index (χ1) is 8.93. The minimum atomic E-state index is 0.407. The van der Waals surface area contributed by atoms with E-state index in [9.17, 15) is 0 Å². The fourth-order valence-electron chi connectivity index (χ4n) is 1.84. The maximum Gasteiger partial charge on any atom is 0.147 e. The molecule has 2 nitrogen and oxygen atoms in total. The summed E-state index contributed by atoms with van der Waals surface area (Å²) in [5.74, 6) is 0. The molecule has 0 bridgehead atoms. The minimum Gasteiger partial charge on any atom is -0.355 e. The van der Waals surface area contributed by atoms with Gasteiger partial charge in [0.2, 0.25) is 0 Å². The van der Waals surface area contributed by atoms with Gasteiger partial charge >= 0.3 is 0 Å². The van der Waals surface area contributed by atoms with Gasteiger partial charge in [0, 0.05) is 6.61 Å². The van der Waals surface area contributed by atoms with Crippen molar-refractivity contribution in [2.24, 2.45) is 0 Å². The highest BCUT2D eigenvalue weighted by Crippen LogP contribution is 2.05. The molecule has 102 valence electrons. The Balaban J connectivity index is 1.82. The third-order valence-electron chi connectivity index (χ3n) is 2.92. The van der Waals surface area contributed by atoms with Gasteiger partial charge in [-0.1, -0.05) is 69.4 Å². The van der Waals surface area contributed by atoms with E-state index >= 15 is 0 Å². The van der Waals surface area contributed by atoms with E-state index in [4.69, 9.17) is 9.47 Å². The lowest BCUT2D eigenvalue weighted by atomic mass is 10.1. The van der Waals surface area contributed by atoms with Crippen molar-refractivity contribution in [1.82, 2.24) is 0 Å². The van der Waals surface area contributed by atoms with Crippen LogP contribution >= 0.6 is 0 Å². The molecule has 1 rings (SSSR count). The van der Waals surface area contributed by atoms with Crippen molar-refractivity contribution in [1.29, 1.82) is 0 Å². The van der Waals surface area contributed by atoms with Crippen molar-refractivity contribution < 1.29 is 9.47 Å². The molecule has 0 aromatic heterocycles. The highest BCUT2D eigenvalue weighted by atomic mass is 16.7. The Morgan fingerprint density at radius 3 is 2.33 bits per heavy atom. The molecule has 0 atom stereocenters. The van der Waals surface area contributed by atoms with Gasteiger partial charge in [-0.2, -0.15) is 0 Å². The summed E-state index contributed by atoms with van der Waals surface area (Å²) in [5.41, 5.74) is 1.20. The van der Waals surface area contributed by atoms with Crippen LogP contribution in [-0.2, 0) is 16.1 Å². The Kier molecular flexibility index (Phi) is 9.49. The van der Waals surface area contributed by atoms with Gasteiger partial charge in [-0.05, 0) is 12.0 Å². The van der Waals surface area contributed by atoms with Crippen molar-refractivity contribution in [2.75, 3.05) is 13.4 Å². The van der Waals surface area contributed by atoms with Crippen LogP contribution < -0.4 is 0 Å². The fourth-order valence-corrected chi connectivity index (χ4v) is 1.84. The second kappa shape index (κ2) is 11.2. The van der Waals surface area contributed by atoms with Gasteiger partial charge in [-0.25, -0.2) is 0 Å². The van der Waals surface area contributed by atoms with Gasteiger partial charge in [0.05, 0.1) is 6.61 Å². The zero-order valence-electron chi connectivity index (χ0n) is 11.6. The third kappa shape index (κ3) is 8.26. The molecule has 1 aromatic rings. The van der Waals surface area contributed by atoms with Crippen LogP contribution in [0.4, 0.5) is 0 Å². The summed E-state index contributed by atoms with van der Waals surface area (Å²) in [6.07, 6.45) is 7.80. The van der Waals surface area contributed by atoms with E-state index in [1.54, 1.807) is 0 Å². The number of ether oxygens (including phenoxy) is 2. The quantitative estimate of drug-likeness (QED) is 0.424. The molecule has 0 spiro atoms. The van der Waals surface area contributed by atoms with E-state index in [0.717, 1.165) is 13.0 Å². The lowest BCUT2D eigenvalue weighted by Crippen LogP contribution is -2.01. The molecule has 0 saturated carbocycles. The second-order valence-electron chi connectivity index (χ2n) is 4.63. The first kappa shape index (κ1) is 15.2. The van der Waals surface area contributed by atoms with Gasteiger partial charge in [-0.3, -0.25) is 0 Å². The summed E-state index contributed by atoms with van der Waals surface area (Å²) < 4.78 is 10.9. The van der Waals surface area contributed by atoms with Crippen LogP contribution in [0, 0.1) is 0 Å². The Morgan fingerprint density at radius 1 is 0.833 bits per heavy atom. The molecule has 0 fully saturated rings. The van der Waals surface area contributed by atoms with Crippen molar-refractivity contribution >= 4 is 0 Å². The number of hydrogen-bond donors (Lipinski definition) is 0. The van der Waals surface area contributed by atoms with E-state index in [1.807, 2.05) is 18.2 Å². The zero-order chi connectivity index (χ0) is 12.9. The smallest absolute Gasteiger partial charge is 0.147 e. The summed E-state index contributed by atoms with van der Waals surface area (Å²) >= 11 is 0. The van der Waals surface area contributed by atoms with Crippen LogP contribution in [0.25, 0.3) is 0 Å². The molecule has 0 unspecified atom stereocenters. The van der Waals surface area contributed by atoms with E-state index in [2.05, 4.69) is 19.1 Å². The van der Waals surface area contributed by atoms with Crippen LogP contribution in [0.5, 0.6) is 0 Å². The molecule has 1 aromatic carbocycles. The molecular weight excluding hydrogens is 224 g/mol. The van der Waals surface area contributed by atoms with Gasteiger partial charge < -0.3 is 9.47 Å². The van der Waals surface area contributed by atoms with Gasteiger partial charge in [0.1, 0.15) is 6.79 Å². The van der Waals surface area contributed by atoms with E-state index < -0.39 is 0 Å². The largest absolute Gasteiger partial charge is 0.355 e. The normalized spacial score (nSPS) is 10.7. The van der Waals surface area contributed by atoms with E-state index in [1.165, 1.54) is 37.7 Å². The number of rotatable bonds is 11. The molecule has 0 aliphatic carbocycles. The summed E-state index contributed by atoms with van der Waals surface area (Å²) in [4.78, 5) is 0. The summed E-state index contributed by atoms with van der Waals surface area (Å²) in [6.45, 7) is 4.11. The lowest BCUT2D eigenvalue weighted by molar-refractivity contribution is -0.0623. The Bertz CT molecular complexity index is 272. The molecule has 0 aliphatic heterocycles. The zero-order valence-corrected chi connectivity index (χ0v) is 11.6. The monoisotopic (exact) mass is 250 g/mol. The summed E-state index contributed by atoms with van der Waals surface area (Å²) in [7, 11) is 0. The maximum atomic E-state index is 5.44. The van der Waals surface area contributed by atoms with Crippen molar-refractivity contribution in [2.45, 2.75) is 52.1 Å². The average molecular weight is 250 g/mol. The SMILES string of the molecule is CCCCCCCCOCOCc1ccccc1. The fraction of sp³-hybridized carbons (Fsp3) is 0.625. The summed E-state index contributed by atoms with van der Waals surface area (Å²) in [5, 5.41) is 0. The van der Waals surface area contributed by atoms with E-state index in [0.29, 0.717) is 13.4 Å². The molecule has 18 heavy (non-hydrogen) atoms. The molecule has 0 aliphatic rings. The average Bonchev–Trinajstić information content (AvgIpc) is 2.42. The van der Waals surface area contributed by atoms with Crippen molar-refractivity contribution in [3.8, 4) is 0 Å². The Labute approximate surface area is 111 Å². The first-order valence-corrected chi connectivity index (χ1v) is 7.13. The molecule has 0 heterocycles. The molecule has 2 heteroatoms. The maximum absolute atomic E-state index is 5.44. The van der Waals surface area contributed by atoms with Gasteiger partial charge in [0.15, 0.2) is 0 Å². The minimum absolute atomic E-state index is 0.407. The molecule has 0 radical (unpaired) electrons. The van der Waals surface area contributed by atoms with Crippen molar-refractivity contribution in [3.63, 3.8) is 0 Å². The topological polar surface area (TPSA) is 18.5 Å². The van der Waals surface area contributed by atoms with Crippen LogP contribution in [0.1, 0.15) is 51.0 Å². The van der Waals surface area contributed by atoms with Crippen LogP contribution in [0.3, 0.4) is 0 Å². The number of benzene rings is 1. The van der Waals surface area contributed by atoms with Gasteiger partial charge in [0.25, 0.3) is 0 Å². The standard InChI is InChI=1S/C16H26O2/c1-2-3-4-5-6-10-13-17-15-18-14-16-11-8-7-9-12-16/h7-9,11-12H,2-6,10,13-15H2,1H3. The van der Waals surface area contributed by atoms with Crippen LogP contribution in [-0.4, -0.2) is 13.4 Å². The Hall–Kier alpha value is -0.860. The first-order valence-electron chi connectivity index (χ1n) is 7.13. The second-order valence-corrected chi connectivity index (χ2v) is 4.63. The van der Waals surface area contributed by atoms with E-state index in [-0.39, 0.29) is 0 Å². The molecule has 0 saturated heterocycles. The Morgan fingerprint density at radius 2 is 1.56 bits per heavy atom. The molecule has 0 N–H and O–H groups in total. The molecule has 0 amide bonds. The molecular formula is C16H26O2. The third-order valence-corrected chi connectivity index (χ3v) is 2.92. The van der Waals surface area contributed by atoms with Crippen LogP contribution in [0.2, 0.25) is 0 Å². The predicted molar refractivity (Wildman–Crippen MR) is 75.4 cm³/mol. The lowest BCUT2D eigenvalue weighted by Gasteiger charge is -2.06. The highest BCUT2D eigenvalue weighted by molar-refractivity contribution is 5.13. The highest BCUT2D eigenvalue weighted by Gasteiger charge is 1.93. The van der Waals surface area contributed by atoms with Gasteiger partial charge in [-0.15, -0.1) is 0 Å². The van der Waals surface area contributed by atoms with Crippen molar-refractivity contribution in [3.05, 3.63) is 35.9 Å². The predicted octanol–water partition coefficient (Wildman–Crippen LogP) is 4.54.